The van der Waals surface area contributed by atoms with E-state index in [2.05, 4.69) is 16.8 Å². The summed E-state index contributed by atoms with van der Waals surface area (Å²) in [5, 5.41) is 9.60. The second-order valence-corrected chi connectivity index (χ2v) is 5.21. The lowest BCUT2D eigenvalue weighted by molar-refractivity contribution is 0.115. The van der Waals surface area contributed by atoms with Crippen LogP contribution < -0.4 is 4.90 Å². The number of aryl methyl sites for hydroxylation is 2. The van der Waals surface area contributed by atoms with E-state index in [1.54, 1.807) is 0 Å². The monoisotopic (exact) mass is 264 g/mol. The smallest absolute Gasteiger partial charge is 0.134 e. The van der Waals surface area contributed by atoms with Gasteiger partial charge in [-0.2, -0.15) is 0 Å². The number of anilines is 1. The molecule has 106 valence electrons. The van der Waals surface area contributed by atoms with Crippen molar-refractivity contribution in [2.45, 2.75) is 46.3 Å². The van der Waals surface area contributed by atoms with Gasteiger partial charge in [-0.15, -0.1) is 0 Å². The van der Waals surface area contributed by atoms with Gasteiger partial charge in [-0.3, -0.25) is 0 Å². The molecule has 1 atom stereocenters. The fourth-order valence-corrected chi connectivity index (χ4v) is 2.70. The molecular weight excluding hydrogens is 240 g/mol. The second-order valence-electron chi connectivity index (χ2n) is 5.21. The second kappa shape index (κ2) is 6.35. The van der Waals surface area contributed by atoms with Gasteiger partial charge in [0.25, 0.3) is 0 Å². The van der Waals surface area contributed by atoms with Crippen LogP contribution in [0.1, 0.15) is 36.6 Å². The molecule has 0 radical (unpaired) electrons. The van der Waals surface area contributed by atoms with E-state index >= 15 is 0 Å². The van der Waals surface area contributed by atoms with Crippen molar-refractivity contribution in [1.29, 1.82) is 0 Å². The Balaban J connectivity index is 2.25. The van der Waals surface area contributed by atoms with Gasteiger partial charge in [0, 0.05) is 31.0 Å². The summed E-state index contributed by atoms with van der Waals surface area (Å²) in [4.78, 5) is 6.85. The van der Waals surface area contributed by atoms with Gasteiger partial charge < -0.3 is 14.7 Å². The maximum atomic E-state index is 9.60. The van der Waals surface area contributed by atoms with Crippen LogP contribution in [-0.4, -0.2) is 35.9 Å². The average molecular weight is 264 g/mol. The molecule has 1 unspecified atom stereocenters. The highest BCUT2D eigenvalue weighted by molar-refractivity contribution is 5.51. The minimum Gasteiger partial charge on any atom is -0.392 e. The fraction of sp³-hybridized carbons (Fsp3) is 0.667. The summed E-state index contributed by atoms with van der Waals surface area (Å²) in [6.45, 7) is 8.80. The van der Waals surface area contributed by atoms with Crippen LogP contribution >= 0.6 is 0 Å². The van der Waals surface area contributed by atoms with Crippen LogP contribution in [0, 0.1) is 13.8 Å². The number of aliphatic hydroxyl groups excluding tert-OH is 1. The molecule has 1 N–H and O–H groups in total. The molecule has 2 heterocycles. The zero-order valence-corrected chi connectivity index (χ0v) is 12.1. The van der Waals surface area contributed by atoms with Crippen LogP contribution in [0.4, 0.5) is 5.82 Å². The van der Waals surface area contributed by atoms with E-state index in [1.807, 2.05) is 19.9 Å². The van der Waals surface area contributed by atoms with Crippen LogP contribution in [0.2, 0.25) is 0 Å². The van der Waals surface area contributed by atoms with Crippen molar-refractivity contribution in [1.82, 2.24) is 4.98 Å². The first-order valence-electron chi connectivity index (χ1n) is 7.10. The molecule has 0 saturated carbocycles. The number of nitrogens with zero attached hydrogens (tertiary/aromatic N) is 2. The number of rotatable bonds is 5. The number of hydrogen-bond acceptors (Lipinski definition) is 4. The highest BCUT2D eigenvalue weighted by atomic mass is 16.5. The molecule has 0 amide bonds. The molecular formula is C15H24N2O2. The topological polar surface area (TPSA) is 45.6 Å². The summed E-state index contributed by atoms with van der Waals surface area (Å²) in [6.07, 6.45) is 2.57. The average Bonchev–Trinajstić information content (AvgIpc) is 2.88. The molecule has 1 aliphatic heterocycles. The largest absolute Gasteiger partial charge is 0.392 e. The van der Waals surface area contributed by atoms with Gasteiger partial charge in [-0.05, 0) is 45.2 Å². The number of hydrogen-bond donors (Lipinski definition) is 1. The number of aromatic nitrogens is 1. The van der Waals surface area contributed by atoms with Gasteiger partial charge >= 0.3 is 0 Å². The maximum Gasteiger partial charge on any atom is 0.134 e. The Morgan fingerprint density at radius 3 is 2.84 bits per heavy atom. The van der Waals surface area contributed by atoms with Gasteiger partial charge in [-0.1, -0.05) is 0 Å². The third-order valence-corrected chi connectivity index (χ3v) is 3.74. The summed E-state index contributed by atoms with van der Waals surface area (Å²) >= 11 is 0. The van der Waals surface area contributed by atoms with Crippen molar-refractivity contribution in [3.63, 3.8) is 0 Å². The van der Waals surface area contributed by atoms with Crippen molar-refractivity contribution in [2.75, 3.05) is 24.6 Å². The fourth-order valence-electron chi connectivity index (χ4n) is 2.70. The molecule has 1 aromatic rings. The molecule has 0 spiro atoms. The Labute approximate surface area is 115 Å². The third-order valence-electron chi connectivity index (χ3n) is 3.74. The Morgan fingerprint density at radius 2 is 2.26 bits per heavy atom. The first kappa shape index (κ1) is 14.3. The molecule has 0 aliphatic carbocycles. The number of likely N-dealkylation sites (N-methyl/N-ethyl adjacent to an activating group) is 1. The zero-order valence-electron chi connectivity index (χ0n) is 12.1. The van der Waals surface area contributed by atoms with Crippen LogP contribution in [-0.2, 0) is 11.3 Å². The van der Waals surface area contributed by atoms with E-state index in [9.17, 15) is 5.11 Å². The van der Waals surface area contributed by atoms with Crippen molar-refractivity contribution in [3.8, 4) is 0 Å². The van der Waals surface area contributed by atoms with Crippen LogP contribution in [0.25, 0.3) is 0 Å². The molecule has 2 rings (SSSR count). The van der Waals surface area contributed by atoms with E-state index in [0.717, 1.165) is 55.2 Å². The van der Waals surface area contributed by atoms with E-state index in [-0.39, 0.29) is 6.61 Å². The van der Waals surface area contributed by atoms with E-state index in [0.29, 0.717) is 6.10 Å². The van der Waals surface area contributed by atoms with Gasteiger partial charge in [0.05, 0.1) is 12.7 Å². The number of ether oxygens (including phenoxy) is 1. The Bertz CT molecular complexity index is 428. The normalized spacial score (nSPS) is 18.8. The zero-order chi connectivity index (χ0) is 13.8. The lowest BCUT2D eigenvalue weighted by Crippen LogP contribution is -2.33. The highest BCUT2D eigenvalue weighted by Gasteiger charge is 2.21. The van der Waals surface area contributed by atoms with Gasteiger partial charge in [-0.25, -0.2) is 4.98 Å². The maximum absolute atomic E-state index is 9.60. The summed E-state index contributed by atoms with van der Waals surface area (Å²) in [5.41, 5.74) is 3.04. The van der Waals surface area contributed by atoms with E-state index < -0.39 is 0 Å². The molecule has 1 aromatic heterocycles. The Morgan fingerprint density at radius 1 is 1.47 bits per heavy atom. The Kier molecular flexibility index (Phi) is 4.77. The SMILES string of the molecule is CCN(CC1CCCO1)c1nc(C)cc(C)c1CO. The molecule has 4 heteroatoms. The summed E-state index contributed by atoms with van der Waals surface area (Å²) in [7, 11) is 0. The lowest BCUT2D eigenvalue weighted by Gasteiger charge is -2.27. The van der Waals surface area contributed by atoms with Crippen molar-refractivity contribution in [2.24, 2.45) is 0 Å². The molecule has 0 aromatic carbocycles. The summed E-state index contributed by atoms with van der Waals surface area (Å²) in [5.74, 6) is 0.915. The van der Waals surface area contributed by atoms with Crippen LogP contribution in [0.5, 0.6) is 0 Å². The van der Waals surface area contributed by atoms with Gasteiger partial charge in [0.2, 0.25) is 0 Å². The number of aliphatic hydroxyl groups is 1. The van der Waals surface area contributed by atoms with Gasteiger partial charge in [0.15, 0.2) is 0 Å². The molecule has 1 aliphatic rings. The Hall–Kier alpha value is -1.13. The summed E-state index contributed by atoms with van der Waals surface area (Å²) in [6, 6.07) is 2.02. The summed E-state index contributed by atoms with van der Waals surface area (Å²) < 4.78 is 5.71. The third kappa shape index (κ3) is 3.25. The van der Waals surface area contributed by atoms with Crippen LogP contribution in [0.15, 0.2) is 6.07 Å². The predicted octanol–water partition coefficient (Wildman–Crippen LogP) is 2.20. The van der Waals surface area contributed by atoms with Crippen LogP contribution in [0.3, 0.4) is 0 Å². The first-order valence-corrected chi connectivity index (χ1v) is 7.10. The van der Waals surface area contributed by atoms with Crippen molar-refractivity contribution < 1.29 is 9.84 Å². The van der Waals surface area contributed by atoms with Crippen molar-refractivity contribution in [3.05, 3.63) is 22.9 Å². The van der Waals surface area contributed by atoms with E-state index in [4.69, 9.17) is 4.74 Å². The van der Waals surface area contributed by atoms with E-state index in [1.165, 1.54) is 0 Å². The molecule has 4 nitrogen and oxygen atoms in total. The molecule has 0 bridgehead atoms. The quantitative estimate of drug-likeness (QED) is 0.885. The van der Waals surface area contributed by atoms with Gasteiger partial charge in [0.1, 0.15) is 5.82 Å². The molecule has 1 saturated heterocycles. The standard InChI is InChI=1S/C15H24N2O2/c1-4-17(9-13-6-5-7-19-13)15-14(10-18)11(2)8-12(3)16-15/h8,13,18H,4-7,9-10H2,1-3H3. The molecule has 19 heavy (non-hydrogen) atoms. The highest BCUT2D eigenvalue weighted by Crippen LogP contribution is 2.24. The number of pyridine rings is 1. The minimum atomic E-state index is 0.0382. The molecule has 1 fully saturated rings. The van der Waals surface area contributed by atoms with Crippen molar-refractivity contribution >= 4 is 5.82 Å². The predicted molar refractivity (Wildman–Crippen MR) is 76.5 cm³/mol. The first-order chi connectivity index (χ1) is 9.15. The lowest BCUT2D eigenvalue weighted by atomic mass is 10.1. The minimum absolute atomic E-state index is 0.0382.